The number of pyridine rings is 1. The minimum Gasteiger partial charge on any atom is -0.355 e. The minimum atomic E-state index is -0.268. The number of hydrogen-bond donors (Lipinski definition) is 1. The third kappa shape index (κ3) is 5.85. The molecule has 0 saturated heterocycles. The Morgan fingerprint density at radius 1 is 1.16 bits per heavy atom. The molecule has 2 heterocycles. The highest BCUT2D eigenvalue weighted by atomic mass is 32.2. The maximum Gasteiger partial charge on any atom is 0.233 e. The number of nitrogens with zero attached hydrogens (tertiary/aromatic N) is 4. The Balaban J connectivity index is 1.45. The number of carbonyl (C=O) groups is 1. The molecule has 1 amide bonds. The minimum absolute atomic E-state index is 0.0311. The van der Waals surface area contributed by atoms with Crippen molar-refractivity contribution in [3.8, 4) is 11.4 Å². The molecule has 3 aromatic rings. The van der Waals surface area contributed by atoms with Gasteiger partial charge in [-0.3, -0.25) is 14.3 Å². The van der Waals surface area contributed by atoms with Gasteiger partial charge in [-0.15, -0.1) is 10.2 Å². The van der Waals surface area contributed by atoms with Gasteiger partial charge in [-0.2, -0.15) is 0 Å². The van der Waals surface area contributed by atoms with Crippen LogP contribution in [0.2, 0.25) is 0 Å². The molecule has 0 bridgehead atoms. The van der Waals surface area contributed by atoms with E-state index in [0.717, 1.165) is 28.5 Å². The molecule has 7 heteroatoms. The molecule has 0 spiro atoms. The molecule has 1 aromatic carbocycles. The van der Waals surface area contributed by atoms with E-state index in [-0.39, 0.29) is 11.2 Å². The molecule has 1 atom stereocenters. The van der Waals surface area contributed by atoms with Crippen LogP contribution in [0.1, 0.15) is 44.6 Å². The quantitative estimate of drug-likeness (QED) is 0.374. The molecule has 4 rings (SSSR count). The van der Waals surface area contributed by atoms with E-state index in [0.29, 0.717) is 13.1 Å². The molecule has 2 aromatic heterocycles. The van der Waals surface area contributed by atoms with Crippen molar-refractivity contribution in [3.63, 3.8) is 0 Å². The lowest BCUT2D eigenvalue weighted by Gasteiger charge is -2.15. The summed E-state index contributed by atoms with van der Waals surface area (Å²) in [6, 6.07) is 14.1. The van der Waals surface area contributed by atoms with Gasteiger partial charge in [0.25, 0.3) is 0 Å². The first kappa shape index (κ1) is 22.3. The maximum atomic E-state index is 12.7. The fraction of sp³-hybridized carbons (Fsp3) is 0.360. The van der Waals surface area contributed by atoms with Crippen LogP contribution in [-0.2, 0) is 11.3 Å². The van der Waals surface area contributed by atoms with Crippen LogP contribution in [0, 0.1) is 0 Å². The van der Waals surface area contributed by atoms with Gasteiger partial charge in [-0.05, 0) is 56.7 Å². The van der Waals surface area contributed by atoms with Gasteiger partial charge < -0.3 is 5.32 Å². The van der Waals surface area contributed by atoms with Crippen LogP contribution in [0.5, 0.6) is 0 Å². The van der Waals surface area contributed by atoms with Crippen molar-refractivity contribution in [2.75, 3.05) is 6.54 Å². The highest BCUT2D eigenvalue weighted by molar-refractivity contribution is 8.00. The van der Waals surface area contributed by atoms with Crippen LogP contribution in [-0.4, -0.2) is 37.5 Å². The zero-order valence-electron chi connectivity index (χ0n) is 18.4. The highest BCUT2D eigenvalue weighted by Crippen LogP contribution is 2.27. The SMILES string of the molecule is CC(Sc1nnc(-c2cccnc2)n1Cc1ccccc1)C(=O)NCCC1=CCCCC1. The van der Waals surface area contributed by atoms with Crippen molar-refractivity contribution >= 4 is 17.7 Å². The first-order chi connectivity index (χ1) is 15.7. The summed E-state index contributed by atoms with van der Waals surface area (Å²) in [5.41, 5.74) is 3.53. The van der Waals surface area contributed by atoms with Crippen LogP contribution >= 0.6 is 11.8 Å². The van der Waals surface area contributed by atoms with Gasteiger partial charge in [0.2, 0.25) is 5.91 Å². The molecular formula is C25H29N5OS. The Bertz CT molecular complexity index is 1050. The summed E-state index contributed by atoms with van der Waals surface area (Å²) in [4.78, 5) is 16.9. The first-order valence-electron chi connectivity index (χ1n) is 11.2. The van der Waals surface area contributed by atoms with Crippen molar-refractivity contribution < 1.29 is 4.79 Å². The molecule has 1 aliphatic carbocycles. The number of rotatable bonds is 9. The molecule has 0 fully saturated rings. The molecule has 0 radical (unpaired) electrons. The van der Waals surface area contributed by atoms with Crippen molar-refractivity contribution in [3.05, 3.63) is 72.1 Å². The molecule has 32 heavy (non-hydrogen) atoms. The van der Waals surface area contributed by atoms with Crippen molar-refractivity contribution in [1.82, 2.24) is 25.1 Å². The fourth-order valence-electron chi connectivity index (χ4n) is 3.83. The third-order valence-electron chi connectivity index (χ3n) is 5.60. The monoisotopic (exact) mass is 447 g/mol. The lowest BCUT2D eigenvalue weighted by Crippen LogP contribution is -2.32. The van der Waals surface area contributed by atoms with E-state index in [4.69, 9.17) is 0 Å². The number of benzene rings is 1. The van der Waals surface area contributed by atoms with Gasteiger partial charge >= 0.3 is 0 Å². The van der Waals surface area contributed by atoms with Gasteiger partial charge in [-0.1, -0.05) is 53.7 Å². The van der Waals surface area contributed by atoms with Crippen LogP contribution in [0.25, 0.3) is 11.4 Å². The Morgan fingerprint density at radius 2 is 2.03 bits per heavy atom. The number of aromatic nitrogens is 4. The molecule has 1 N–H and O–H groups in total. The molecule has 1 unspecified atom stereocenters. The summed E-state index contributed by atoms with van der Waals surface area (Å²) >= 11 is 1.44. The van der Waals surface area contributed by atoms with E-state index in [2.05, 4.69) is 43.3 Å². The predicted molar refractivity (Wildman–Crippen MR) is 128 cm³/mol. The van der Waals surface area contributed by atoms with Gasteiger partial charge in [0.1, 0.15) is 0 Å². The smallest absolute Gasteiger partial charge is 0.233 e. The number of amides is 1. The molecular weight excluding hydrogens is 418 g/mol. The summed E-state index contributed by atoms with van der Waals surface area (Å²) in [7, 11) is 0. The Labute approximate surface area is 193 Å². The van der Waals surface area contributed by atoms with Crippen molar-refractivity contribution in [2.45, 2.75) is 56.0 Å². The number of hydrogen-bond acceptors (Lipinski definition) is 5. The van der Waals surface area contributed by atoms with Crippen LogP contribution in [0.15, 0.2) is 71.7 Å². The highest BCUT2D eigenvalue weighted by Gasteiger charge is 2.21. The number of carbonyl (C=O) groups excluding carboxylic acids is 1. The van der Waals surface area contributed by atoms with Gasteiger partial charge in [0, 0.05) is 24.5 Å². The Morgan fingerprint density at radius 3 is 2.78 bits per heavy atom. The molecule has 6 nitrogen and oxygen atoms in total. The zero-order chi connectivity index (χ0) is 22.2. The first-order valence-corrected chi connectivity index (χ1v) is 12.1. The van der Waals surface area contributed by atoms with Crippen LogP contribution < -0.4 is 5.32 Å². The number of allylic oxidation sites excluding steroid dienone is 1. The summed E-state index contributed by atoms with van der Waals surface area (Å²) < 4.78 is 2.06. The van der Waals surface area contributed by atoms with E-state index in [1.54, 1.807) is 12.4 Å². The largest absolute Gasteiger partial charge is 0.355 e. The maximum absolute atomic E-state index is 12.7. The fourth-order valence-corrected chi connectivity index (χ4v) is 4.70. The summed E-state index contributed by atoms with van der Waals surface area (Å²) in [5.74, 6) is 0.782. The van der Waals surface area contributed by atoms with Gasteiger partial charge in [-0.25, -0.2) is 0 Å². The van der Waals surface area contributed by atoms with Crippen molar-refractivity contribution in [1.29, 1.82) is 0 Å². The average Bonchev–Trinajstić information content (AvgIpc) is 3.22. The third-order valence-corrected chi connectivity index (χ3v) is 6.68. The second-order valence-corrected chi connectivity index (χ2v) is 9.34. The lowest BCUT2D eigenvalue weighted by atomic mass is 9.97. The topological polar surface area (TPSA) is 72.7 Å². The molecule has 166 valence electrons. The van der Waals surface area contributed by atoms with Crippen LogP contribution in [0.4, 0.5) is 0 Å². The number of thioether (sulfide) groups is 1. The molecule has 0 saturated carbocycles. The zero-order valence-corrected chi connectivity index (χ0v) is 19.2. The van der Waals surface area contributed by atoms with E-state index in [1.165, 1.54) is 43.0 Å². The van der Waals surface area contributed by atoms with E-state index < -0.39 is 0 Å². The number of nitrogens with one attached hydrogen (secondary N) is 1. The van der Waals surface area contributed by atoms with E-state index in [1.807, 2.05) is 37.3 Å². The van der Waals surface area contributed by atoms with Crippen LogP contribution in [0.3, 0.4) is 0 Å². The van der Waals surface area contributed by atoms with Gasteiger partial charge in [0.15, 0.2) is 11.0 Å². The normalized spacial score (nSPS) is 14.6. The molecule has 1 aliphatic rings. The summed E-state index contributed by atoms with van der Waals surface area (Å²) in [6.07, 6.45) is 11.7. The second-order valence-electron chi connectivity index (χ2n) is 8.03. The van der Waals surface area contributed by atoms with E-state index in [9.17, 15) is 4.79 Å². The van der Waals surface area contributed by atoms with Crippen molar-refractivity contribution in [2.24, 2.45) is 0 Å². The predicted octanol–water partition coefficient (Wildman–Crippen LogP) is 4.88. The second kappa shape index (κ2) is 11.1. The van der Waals surface area contributed by atoms with E-state index >= 15 is 0 Å². The summed E-state index contributed by atoms with van der Waals surface area (Å²) in [6.45, 7) is 3.24. The lowest BCUT2D eigenvalue weighted by molar-refractivity contribution is -0.120. The standard InChI is InChI=1S/C25H29N5OS/c1-19(24(31)27-16-14-20-9-4-2-5-10-20)32-25-29-28-23(22-13-8-15-26-17-22)30(25)18-21-11-6-3-7-12-21/h3,6-9,11-13,15,17,19H,2,4-5,10,14,16,18H2,1H3,(H,27,31). The van der Waals surface area contributed by atoms with Gasteiger partial charge in [0.05, 0.1) is 11.8 Å². The average molecular weight is 448 g/mol. The molecule has 0 aliphatic heterocycles. The Hall–Kier alpha value is -2.93. The Kier molecular flexibility index (Phi) is 7.72. The summed E-state index contributed by atoms with van der Waals surface area (Å²) in [5, 5.41) is 12.4.